The molecule has 0 aliphatic rings. The van der Waals surface area contributed by atoms with Gasteiger partial charge in [0.15, 0.2) is 0 Å². The van der Waals surface area contributed by atoms with Crippen LogP contribution in [0.1, 0.15) is 0 Å². The highest BCUT2D eigenvalue weighted by molar-refractivity contribution is 6.22. The first kappa shape index (κ1) is 40.7. The fourth-order valence-corrected chi connectivity index (χ4v) is 11.0. The van der Waals surface area contributed by atoms with Gasteiger partial charge in [-0.3, -0.25) is 39.5 Å². The van der Waals surface area contributed by atoms with E-state index in [0.29, 0.717) is 0 Å². The van der Waals surface area contributed by atoms with Crippen molar-refractivity contribution in [3.63, 3.8) is 0 Å². The van der Waals surface area contributed by atoms with Crippen molar-refractivity contribution in [2.24, 2.45) is 0 Å². The van der Waals surface area contributed by atoms with Gasteiger partial charge in [0.2, 0.25) is 0 Å². The van der Waals surface area contributed by atoms with Crippen molar-refractivity contribution in [2.45, 2.75) is 0 Å². The predicted molar refractivity (Wildman–Crippen MR) is 295 cm³/mol. The molecule has 73 heavy (non-hydrogen) atoms. The maximum Gasteiger partial charge on any atom is 0.137 e. The van der Waals surface area contributed by atoms with Gasteiger partial charge in [-0.15, -0.1) is 0 Å². The van der Waals surface area contributed by atoms with Gasteiger partial charge in [0, 0.05) is 120 Å². The van der Waals surface area contributed by atoms with Gasteiger partial charge >= 0.3 is 0 Å². The lowest BCUT2D eigenvalue weighted by molar-refractivity contribution is 1.08. The zero-order valence-electron chi connectivity index (χ0n) is 38.9. The largest absolute Gasteiger partial charge is 0.293 e. The Morgan fingerprint density at radius 1 is 0.288 bits per heavy atom. The summed E-state index contributed by atoms with van der Waals surface area (Å²) < 4.78 is 2.30. The third-order valence-corrected chi connectivity index (χ3v) is 14.3. The summed E-state index contributed by atoms with van der Waals surface area (Å²) in [5, 5.41) is 10.7. The molecule has 15 aromatic rings. The van der Waals surface area contributed by atoms with Gasteiger partial charge in [-0.25, -0.2) is 4.98 Å². The fourth-order valence-electron chi connectivity index (χ4n) is 11.0. The number of benzene rings is 6. The number of hydrogen-bond donors (Lipinski definition) is 0. The normalized spacial score (nSPS) is 11.8. The van der Waals surface area contributed by atoms with Crippen LogP contribution in [0, 0.1) is 0 Å². The molecule has 9 heterocycles. The van der Waals surface area contributed by atoms with E-state index in [2.05, 4.69) is 160 Å². The molecule has 9 nitrogen and oxygen atoms in total. The zero-order chi connectivity index (χ0) is 48.0. The molecular formula is C64H37N9. The van der Waals surface area contributed by atoms with E-state index < -0.39 is 0 Å². The Hall–Kier alpha value is -10.1. The monoisotopic (exact) mass is 931 g/mol. The molecule has 0 N–H and O–H groups in total. The molecule has 9 aromatic heterocycles. The number of rotatable bonds is 6. The Kier molecular flexibility index (Phi) is 9.06. The number of fused-ring (bicyclic) bond motifs is 12. The lowest BCUT2D eigenvalue weighted by Gasteiger charge is -2.13. The number of pyridine rings is 8. The van der Waals surface area contributed by atoms with E-state index in [-0.39, 0.29) is 0 Å². The number of nitrogens with zero attached hydrogens (tertiary/aromatic N) is 9. The summed E-state index contributed by atoms with van der Waals surface area (Å²) in [7, 11) is 0. The quantitative estimate of drug-likeness (QED) is 0.152. The minimum absolute atomic E-state index is 0.805. The highest BCUT2D eigenvalue weighted by atomic mass is 15.1. The van der Waals surface area contributed by atoms with Crippen LogP contribution in [0.15, 0.2) is 225 Å². The van der Waals surface area contributed by atoms with Crippen LogP contribution >= 0.6 is 0 Å². The molecule has 0 spiro atoms. The van der Waals surface area contributed by atoms with E-state index in [1.54, 1.807) is 0 Å². The molecule has 6 aromatic carbocycles. The van der Waals surface area contributed by atoms with Crippen molar-refractivity contribution < 1.29 is 0 Å². The summed E-state index contributed by atoms with van der Waals surface area (Å²) in [4.78, 5) is 39.2. The maximum absolute atomic E-state index is 5.23. The Labute approximate surface area is 416 Å². The molecular weight excluding hydrogens is 895 g/mol. The van der Waals surface area contributed by atoms with Gasteiger partial charge in [0.05, 0.1) is 50.2 Å². The summed E-state index contributed by atoms with van der Waals surface area (Å²) in [5.74, 6) is 0.805. The van der Waals surface area contributed by atoms with Crippen LogP contribution in [-0.4, -0.2) is 44.4 Å². The van der Waals surface area contributed by atoms with E-state index >= 15 is 0 Å². The van der Waals surface area contributed by atoms with Crippen LogP contribution in [0.3, 0.4) is 0 Å². The molecule has 0 bridgehead atoms. The third kappa shape index (κ3) is 6.49. The first-order valence-corrected chi connectivity index (χ1v) is 24.2. The van der Waals surface area contributed by atoms with Crippen LogP contribution in [0.2, 0.25) is 0 Å². The summed E-state index contributed by atoms with van der Waals surface area (Å²) >= 11 is 0. The Morgan fingerprint density at radius 3 is 1.51 bits per heavy atom. The van der Waals surface area contributed by atoms with Crippen molar-refractivity contribution in [3.8, 4) is 61.8 Å². The molecule has 0 saturated heterocycles. The summed E-state index contributed by atoms with van der Waals surface area (Å²) in [5.41, 5.74) is 15.4. The molecule has 15 rings (SSSR count). The average Bonchev–Trinajstić information content (AvgIpc) is 3.80. The minimum Gasteiger partial charge on any atom is -0.293 e. The Bertz CT molecular complexity index is 4720. The van der Waals surface area contributed by atoms with E-state index in [1.165, 1.54) is 0 Å². The maximum atomic E-state index is 5.23. The number of aromatic nitrogens is 9. The van der Waals surface area contributed by atoms with Crippen LogP contribution in [0.25, 0.3) is 149 Å². The van der Waals surface area contributed by atoms with E-state index in [9.17, 15) is 0 Å². The van der Waals surface area contributed by atoms with Crippen LogP contribution in [0.4, 0.5) is 0 Å². The number of hydrogen-bond acceptors (Lipinski definition) is 8. The van der Waals surface area contributed by atoms with Gasteiger partial charge in [-0.1, -0.05) is 91.0 Å². The van der Waals surface area contributed by atoms with Gasteiger partial charge in [-0.05, 0) is 107 Å². The second-order valence-electron chi connectivity index (χ2n) is 18.4. The highest BCUT2D eigenvalue weighted by Crippen LogP contribution is 2.43. The molecule has 0 aliphatic carbocycles. The standard InChI is InChI=1S/C64H37N9/c1-2-12-45-38(9-1)25-30-69-59(45)44-20-24-58(72-37-44)73-57-23-19-39(55-21-17-42(35-70-55)50-32-40-10-5-26-65-60(40)62-47(50)15-7-28-67-62)31-53(57)54-34-52(46-13-3-4-14-49(46)64(54)73)56-22-18-43(36-71-56)51-33-41-11-6-27-66-61(41)63-48(51)16-8-29-68-63/h1-37H. The van der Waals surface area contributed by atoms with E-state index in [4.69, 9.17) is 29.9 Å². The predicted octanol–water partition coefficient (Wildman–Crippen LogP) is 15.2. The summed E-state index contributed by atoms with van der Waals surface area (Å²) in [6.45, 7) is 0. The average molecular weight is 932 g/mol. The molecule has 0 atom stereocenters. The molecule has 0 amide bonds. The van der Waals surface area contributed by atoms with Crippen LogP contribution in [0.5, 0.6) is 0 Å². The fraction of sp³-hybridized carbons (Fsp3) is 0. The Balaban J connectivity index is 0.903. The lowest BCUT2D eigenvalue weighted by atomic mass is 9.95. The van der Waals surface area contributed by atoms with Crippen molar-refractivity contribution >= 4 is 87.0 Å². The van der Waals surface area contributed by atoms with Gasteiger partial charge < -0.3 is 0 Å². The smallest absolute Gasteiger partial charge is 0.137 e. The molecule has 0 fully saturated rings. The SMILES string of the molecule is c1ccc2c(-c3ccc(-n4c5ccc(-c6ccc(-c7cc8cccnc8c8ncccc78)cn6)cc5c5cc(-c6ccc(-c7cc8cccnc8c8ncccc78)cn6)c6ccccc6c54)nc3)nccc2c1. The second kappa shape index (κ2) is 16.2. The molecule has 9 heteroatoms. The van der Waals surface area contributed by atoms with Gasteiger partial charge in [0.25, 0.3) is 0 Å². The second-order valence-corrected chi connectivity index (χ2v) is 18.4. The molecule has 0 saturated carbocycles. The summed E-state index contributed by atoms with van der Waals surface area (Å²) in [6, 6.07) is 61.5. The van der Waals surface area contributed by atoms with E-state index in [1.807, 2.05) is 79.9 Å². The minimum atomic E-state index is 0.805. The molecule has 0 aliphatic heterocycles. The topological polar surface area (TPSA) is 108 Å². The Morgan fingerprint density at radius 2 is 0.849 bits per heavy atom. The van der Waals surface area contributed by atoms with E-state index in [0.717, 1.165) is 149 Å². The third-order valence-electron chi connectivity index (χ3n) is 14.3. The molecule has 0 radical (unpaired) electrons. The summed E-state index contributed by atoms with van der Waals surface area (Å²) in [6.07, 6.45) is 15.1. The van der Waals surface area contributed by atoms with Crippen LogP contribution in [-0.2, 0) is 0 Å². The lowest BCUT2D eigenvalue weighted by Crippen LogP contribution is -1.99. The molecule has 0 unspecified atom stereocenters. The van der Waals surface area contributed by atoms with Crippen molar-refractivity contribution in [1.82, 2.24) is 44.4 Å². The van der Waals surface area contributed by atoms with Crippen molar-refractivity contribution in [2.75, 3.05) is 0 Å². The van der Waals surface area contributed by atoms with Gasteiger partial charge in [-0.2, -0.15) is 0 Å². The van der Waals surface area contributed by atoms with Crippen LogP contribution < -0.4 is 0 Å². The highest BCUT2D eigenvalue weighted by Gasteiger charge is 2.21. The molecule has 338 valence electrons. The van der Waals surface area contributed by atoms with Gasteiger partial charge in [0.1, 0.15) is 5.82 Å². The first-order valence-electron chi connectivity index (χ1n) is 24.2. The zero-order valence-corrected chi connectivity index (χ0v) is 38.9. The van der Waals surface area contributed by atoms with Crippen molar-refractivity contribution in [1.29, 1.82) is 0 Å². The first-order chi connectivity index (χ1) is 36.2. The van der Waals surface area contributed by atoms with Crippen molar-refractivity contribution in [3.05, 3.63) is 225 Å².